The third kappa shape index (κ3) is 5.89. The summed E-state index contributed by atoms with van der Waals surface area (Å²) in [7, 11) is 0. The minimum atomic E-state index is -1.11. The van der Waals surface area contributed by atoms with E-state index in [1.54, 1.807) is 4.90 Å². The molecular weight excluding hydrogens is 598 g/mol. The van der Waals surface area contributed by atoms with Crippen LogP contribution in [0.2, 0.25) is 0 Å². The van der Waals surface area contributed by atoms with Crippen molar-refractivity contribution in [2.45, 2.75) is 65.2 Å². The molecule has 0 bridgehead atoms. The summed E-state index contributed by atoms with van der Waals surface area (Å²) in [5.74, 6) is -4.74. The van der Waals surface area contributed by atoms with E-state index in [2.05, 4.69) is 15.0 Å². The average molecular weight is 633 g/mol. The van der Waals surface area contributed by atoms with E-state index in [0.717, 1.165) is 22.8 Å². The Balaban J connectivity index is 1.74. The second-order valence-electron chi connectivity index (χ2n) is 12.0. The Bertz CT molecular complexity index is 1820. The summed E-state index contributed by atoms with van der Waals surface area (Å²) in [6.45, 7) is 9.36. The molecule has 0 spiro atoms. The summed E-state index contributed by atoms with van der Waals surface area (Å²) >= 11 is 0. The maximum atomic E-state index is 16.0. The van der Waals surface area contributed by atoms with Gasteiger partial charge in [0, 0.05) is 30.6 Å². The third-order valence-electron chi connectivity index (χ3n) is 8.11. The first-order chi connectivity index (χ1) is 21.8. The molecule has 3 aliphatic rings. The summed E-state index contributed by atoms with van der Waals surface area (Å²) < 4.78 is 32.2. The molecular formula is C33H34F2N6O5. The highest BCUT2D eigenvalue weighted by Gasteiger charge is 2.38. The van der Waals surface area contributed by atoms with Crippen LogP contribution < -0.4 is 10.8 Å². The van der Waals surface area contributed by atoms with Crippen LogP contribution in [0.15, 0.2) is 64.4 Å². The minimum Gasteiger partial charge on any atom is -0.339 e. The molecule has 2 aromatic heterocycles. The van der Waals surface area contributed by atoms with Gasteiger partial charge in [0.25, 0.3) is 0 Å². The molecule has 4 heterocycles. The van der Waals surface area contributed by atoms with Crippen molar-refractivity contribution in [1.29, 1.82) is 0 Å². The summed E-state index contributed by atoms with van der Waals surface area (Å²) in [4.78, 5) is 65.6. The van der Waals surface area contributed by atoms with Crippen molar-refractivity contribution in [1.82, 2.24) is 24.4 Å². The number of carbonyl (C=O) groups excluding carboxylic acids is 3. The average Bonchev–Trinajstić information content (AvgIpc) is 3.00. The van der Waals surface area contributed by atoms with Crippen molar-refractivity contribution in [2.75, 3.05) is 18.2 Å². The van der Waals surface area contributed by atoms with Crippen LogP contribution in [0.25, 0.3) is 11.8 Å². The molecule has 1 amide bonds. The zero-order chi connectivity index (χ0) is 33.4. The maximum Gasteiger partial charge on any atom is 0.354 e. The number of fused-ring (bicyclic) bond motifs is 1. The van der Waals surface area contributed by atoms with Crippen LogP contribution in [0.3, 0.4) is 0 Å². The van der Waals surface area contributed by atoms with Crippen LogP contribution in [0, 0.1) is 0 Å². The Hall–Kier alpha value is -4.91. The van der Waals surface area contributed by atoms with Crippen molar-refractivity contribution < 1.29 is 28.4 Å². The fraction of sp³-hybridized carbons (Fsp3) is 0.364. The van der Waals surface area contributed by atoms with Crippen molar-refractivity contribution >= 4 is 29.4 Å². The number of halogens is 2. The van der Waals surface area contributed by atoms with Crippen LogP contribution in [0.4, 0.5) is 14.6 Å². The number of piperidine rings is 1. The number of likely N-dealkylation sites (tertiary alicyclic amines) is 1. The van der Waals surface area contributed by atoms with Gasteiger partial charge in [-0.15, -0.1) is 0 Å². The van der Waals surface area contributed by atoms with Crippen LogP contribution >= 0.6 is 0 Å². The first-order valence-corrected chi connectivity index (χ1v) is 15.0. The second kappa shape index (κ2) is 12.8. The molecule has 0 unspecified atom stereocenters. The zero-order valence-corrected chi connectivity index (χ0v) is 26.1. The van der Waals surface area contributed by atoms with Gasteiger partial charge in [0.2, 0.25) is 5.91 Å². The molecule has 240 valence electrons. The molecule has 0 aromatic carbocycles. The predicted molar refractivity (Wildman–Crippen MR) is 166 cm³/mol. The van der Waals surface area contributed by atoms with Gasteiger partial charge < -0.3 is 4.90 Å². The van der Waals surface area contributed by atoms with Crippen LogP contribution in [-0.4, -0.2) is 60.2 Å². The Morgan fingerprint density at radius 1 is 1.00 bits per heavy atom. The highest BCUT2D eigenvalue weighted by atomic mass is 19.1. The summed E-state index contributed by atoms with van der Waals surface area (Å²) in [6.07, 6.45) is 8.72. The number of allylic oxidation sites excluding steroid dienone is 7. The van der Waals surface area contributed by atoms with E-state index in [1.165, 1.54) is 31.5 Å². The lowest BCUT2D eigenvalue weighted by Crippen LogP contribution is -2.39. The van der Waals surface area contributed by atoms with Gasteiger partial charge in [0.05, 0.1) is 28.3 Å². The molecule has 2 aromatic rings. The molecule has 5 rings (SSSR count). The predicted octanol–water partition coefficient (Wildman–Crippen LogP) is 4.89. The summed E-state index contributed by atoms with van der Waals surface area (Å²) in [6, 6.07) is 0. The first kappa shape index (κ1) is 32.5. The topological polar surface area (TPSA) is 139 Å². The Labute approximate surface area is 263 Å². The third-order valence-corrected chi connectivity index (χ3v) is 8.11. The van der Waals surface area contributed by atoms with E-state index < -0.39 is 40.3 Å². The fourth-order valence-corrected chi connectivity index (χ4v) is 5.91. The number of rotatable bonds is 6. The quantitative estimate of drug-likeness (QED) is 0.441. The molecule has 1 saturated heterocycles. The van der Waals surface area contributed by atoms with E-state index in [4.69, 9.17) is 0 Å². The van der Waals surface area contributed by atoms with Crippen LogP contribution in [0.1, 0.15) is 87.9 Å². The first-order valence-electron chi connectivity index (χ1n) is 15.0. The molecule has 0 radical (unpaired) electrons. The number of carbonyl (C=O) groups is 3. The van der Waals surface area contributed by atoms with Gasteiger partial charge in [-0.2, -0.15) is 4.98 Å². The smallest absolute Gasteiger partial charge is 0.339 e. The molecule has 1 fully saturated rings. The standard InChI is InChI=1S/C33H34F2N6O5/c1-17(2)27-31(28(18(3)4)37-16-36-27)40-32-21(15-23(35)30(41(32)46)26-22(34)7-6-8-24(26)43)29(38-33(40)45)20-11-13-39(14-12-20)25(44)10-9-19(5)42/h6-10,15-18,20,46H,11-14H2,1-5H3/b10-9+,30-26-. The van der Waals surface area contributed by atoms with Gasteiger partial charge in [-0.1, -0.05) is 33.8 Å². The summed E-state index contributed by atoms with van der Waals surface area (Å²) in [5, 5.41) is 12.1. The SMILES string of the molecule is CC(=O)/C=C/C(=O)N1CCC(c2nc(=O)n(-c3c(C(C)C)ncnc3C(C)C)c3c2C=C(F)/C(=C2/C(=O)C=CC=C2F)N3O)CC1. The monoisotopic (exact) mass is 632 g/mol. The highest BCUT2D eigenvalue weighted by molar-refractivity contribution is 6.10. The number of hydrogen-bond donors (Lipinski definition) is 1. The largest absolute Gasteiger partial charge is 0.354 e. The van der Waals surface area contributed by atoms with Gasteiger partial charge in [0.1, 0.15) is 17.9 Å². The molecule has 0 saturated carbocycles. The van der Waals surface area contributed by atoms with E-state index in [1.807, 2.05) is 27.7 Å². The molecule has 1 N–H and O–H groups in total. The molecule has 46 heavy (non-hydrogen) atoms. The van der Waals surface area contributed by atoms with E-state index in [-0.39, 0.29) is 59.4 Å². The van der Waals surface area contributed by atoms with E-state index in [0.29, 0.717) is 29.3 Å². The van der Waals surface area contributed by atoms with Crippen LogP contribution in [-0.2, 0) is 14.4 Å². The fourth-order valence-electron chi connectivity index (χ4n) is 5.91. The van der Waals surface area contributed by atoms with Crippen LogP contribution in [0.5, 0.6) is 0 Å². The molecule has 13 heteroatoms. The molecule has 0 atom stereocenters. The Morgan fingerprint density at radius 3 is 2.20 bits per heavy atom. The van der Waals surface area contributed by atoms with E-state index in [9.17, 15) is 24.4 Å². The van der Waals surface area contributed by atoms with Gasteiger partial charge in [-0.3, -0.25) is 19.6 Å². The summed E-state index contributed by atoms with van der Waals surface area (Å²) in [5.41, 5.74) is -0.873. The second-order valence-corrected chi connectivity index (χ2v) is 12.0. The van der Waals surface area contributed by atoms with Gasteiger partial charge in [0.15, 0.2) is 23.2 Å². The normalized spacial score (nSPS) is 18.9. The van der Waals surface area contributed by atoms with Crippen molar-refractivity contribution in [3.8, 4) is 5.69 Å². The Kier molecular flexibility index (Phi) is 9.06. The lowest BCUT2D eigenvalue weighted by Gasteiger charge is -2.35. The lowest BCUT2D eigenvalue weighted by molar-refractivity contribution is -0.127. The molecule has 2 aliphatic heterocycles. The zero-order valence-electron chi connectivity index (χ0n) is 26.1. The van der Waals surface area contributed by atoms with Crippen molar-refractivity contribution in [2.24, 2.45) is 0 Å². The number of anilines is 1. The van der Waals surface area contributed by atoms with E-state index >= 15 is 8.78 Å². The van der Waals surface area contributed by atoms with Crippen molar-refractivity contribution in [3.05, 3.63) is 92.8 Å². The number of ketones is 2. The van der Waals surface area contributed by atoms with Crippen molar-refractivity contribution in [3.63, 3.8) is 0 Å². The van der Waals surface area contributed by atoms with Gasteiger partial charge in [-0.05, 0) is 55.9 Å². The number of nitrogens with zero attached hydrogens (tertiary/aromatic N) is 6. The molecule has 11 nitrogen and oxygen atoms in total. The van der Waals surface area contributed by atoms with Gasteiger partial charge in [-0.25, -0.2) is 33.2 Å². The molecule has 1 aliphatic carbocycles. The lowest BCUT2D eigenvalue weighted by atomic mass is 9.88. The number of hydroxylamine groups is 1. The number of hydrogen-bond acceptors (Lipinski definition) is 9. The Morgan fingerprint density at radius 2 is 1.63 bits per heavy atom. The number of aromatic nitrogens is 4. The number of amides is 1. The maximum absolute atomic E-state index is 16.0. The minimum absolute atomic E-state index is 0.0571. The highest BCUT2D eigenvalue weighted by Crippen LogP contribution is 2.43. The van der Waals surface area contributed by atoms with Gasteiger partial charge >= 0.3 is 5.69 Å².